The molecule has 0 bridgehead atoms. The summed E-state index contributed by atoms with van der Waals surface area (Å²) in [5, 5.41) is 14.3. The van der Waals surface area contributed by atoms with Crippen molar-refractivity contribution in [1.29, 1.82) is 0 Å². The lowest BCUT2D eigenvalue weighted by Crippen LogP contribution is -2.06. The van der Waals surface area contributed by atoms with Crippen molar-refractivity contribution in [2.45, 2.75) is 6.54 Å². The van der Waals surface area contributed by atoms with Crippen molar-refractivity contribution >= 4 is 21.9 Å². The lowest BCUT2D eigenvalue weighted by Gasteiger charge is -2.12. The Labute approximate surface area is 119 Å². The number of halogens is 1. The highest BCUT2D eigenvalue weighted by atomic mass is 79.9. The average Bonchev–Trinajstić information content (AvgIpc) is 2.82. The molecule has 0 unspecified atom stereocenters. The molecule has 1 aromatic carbocycles. The lowest BCUT2D eigenvalue weighted by molar-refractivity contribution is 0.354. The molecule has 102 valence electrons. The number of tetrazole rings is 1. The van der Waals surface area contributed by atoms with Crippen LogP contribution in [0.25, 0.3) is 0 Å². The molecule has 0 atom stereocenters. The van der Waals surface area contributed by atoms with Gasteiger partial charge in [0.25, 0.3) is 0 Å². The van der Waals surface area contributed by atoms with Crippen molar-refractivity contribution in [3.8, 4) is 11.5 Å². The third-order valence-corrected chi connectivity index (χ3v) is 3.35. The van der Waals surface area contributed by atoms with Crippen LogP contribution in [0.5, 0.6) is 11.5 Å². The van der Waals surface area contributed by atoms with Gasteiger partial charge in [0.05, 0.1) is 14.2 Å². The van der Waals surface area contributed by atoms with E-state index in [0.29, 0.717) is 24.0 Å². The highest BCUT2D eigenvalue weighted by Crippen LogP contribution is 2.33. The summed E-state index contributed by atoms with van der Waals surface area (Å²) in [6, 6.07) is 3.77. The van der Waals surface area contributed by atoms with Gasteiger partial charge < -0.3 is 14.8 Å². The van der Waals surface area contributed by atoms with Crippen LogP contribution >= 0.6 is 15.9 Å². The Balaban J connectivity index is 2.18. The van der Waals surface area contributed by atoms with Crippen LogP contribution in [0.4, 0.5) is 5.95 Å². The molecule has 1 aromatic heterocycles. The molecule has 2 rings (SSSR count). The number of anilines is 1. The number of aryl methyl sites for hydroxylation is 1. The van der Waals surface area contributed by atoms with Gasteiger partial charge in [0, 0.05) is 18.1 Å². The number of ether oxygens (including phenoxy) is 2. The van der Waals surface area contributed by atoms with Crippen LogP contribution in [0.2, 0.25) is 0 Å². The third kappa shape index (κ3) is 2.95. The first-order valence-corrected chi connectivity index (χ1v) is 6.31. The fraction of sp³-hybridized carbons (Fsp3) is 0.364. The summed E-state index contributed by atoms with van der Waals surface area (Å²) in [6.07, 6.45) is 0. The van der Waals surface area contributed by atoms with Crippen LogP contribution in [0.3, 0.4) is 0 Å². The largest absolute Gasteiger partial charge is 0.493 e. The van der Waals surface area contributed by atoms with Gasteiger partial charge in [-0.1, -0.05) is 21.0 Å². The van der Waals surface area contributed by atoms with Crippen molar-refractivity contribution in [3.05, 3.63) is 22.2 Å². The van der Waals surface area contributed by atoms with Gasteiger partial charge in [0.2, 0.25) is 5.95 Å². The van der Waals surface area contributed by atoms with E-state index in [0.717, 1.165) is 10.0 Å². The molecule has 0 amide bonds. The summed E-state index contributed by atoms with van der Waals surface area (Å²) in [4.78, 5) is 0. The van der Waals surface area contributed by atoms with Crippen LogP contribution in [0.15, 0.2) is 16.6 Å². The predicted molar refractivity (Wildman–Crippen MR) is 73.4 cm³/mol. The Morgan fingerprint density at radius 2 is 1.95 bits per heavy atom. The molecule has 8 heteroatoms. The summed E-state index contributed by atoms with van der Waals surface area (Å²) in [6.45, 7) is 0.565. The summed E-state index contributed by atoms with van der Waals surface area (Å²) in [7, 11) is 4.98. The first-order chi connectivity index (χ1) is 9.15. The van der Waals surface area contributed by atoms with Gasteiger partial charge in [-0.05, 0) is 28.1 Å². The number of methoxy groups -OCH3 is 2. The molecule has 2 aromatic rings. The Bertz CT molecular complexity index is 572. The van der Waals surface area contributed by atoms with Crippen molar-refractivity contribution in [3.63, 3.8) is 0 Å². The van der Waals surface area contributed by atoms with Gasteiger partial charge in [0.1, 0.15) is 0 Å². The highest BCUT2D eigenvalue weighted by molar-refractivity contribution is 9.10. The normalized spacial score (nSPS) is 10.3. The number of aromatic nitrogens is 4. The van der Waals surface area contributed by atoms with Crippen LogP contribution in [-0.2, 0) is 13.6 Å². The first-order valence-electron chi connectivity index (χ1n) is 5.52. The van der Waals surface area contributed by atoms with Crippen molar-refractivity contribution in [1.82, 2.24) is 20.2 Å². The monoisotopic (exact) mass is 327 g/mol. The molecule has 0 aliphatic carbocycles. The summed E-state index contributed by atoms with van der Waals surface area (Å²) in [5.74, 6) is 1.96. The van der Waals surface area contributed by atoms with Gasteiger partial charge in [-0.2, -0.15) is 0 Å². The zero-order valence-electron chi connectivity index (χ0n) is 10.8. The zero-order chi connectivity index (χ0) is 13.8. The van der Waals surface area contributed by atoms with Crippen molar-refractivity contribution in [2.24, 2.45) is 7.05 Å². The molecule has 7 nitrogen and oxygen atoms in total. The van der Waals surface area contributed by atoms with E-state index in [1.54, 1.807) is 25.9 Å². The van der Waals surface area contributed by atoms with Crippen molar-refractivity contribution in [2.75, 3.05) is 19.5 Å². The molecule has 19 heavy (non-hydrogen) atoms. The highest BCUT2D eigenvalue weighted by Gasteiger charge is 2.10. The minimum atomic E-state index is 0.565. The minimum Gasteiger partial charge on any atom is -0.493 e. The molecular weight excluding hydrogens is 314 g/mol. The van der Waals surface area contributed by atoms with E-state index < -0.39 is 0 Å². The van der Waals surface area contributed by atoms with E-state index in [-0.39, 0.29) is 0 Å². The van der Waals surface area contributed by atoms with Crippen LogP contribution in [0.1, 0.15) is 5.56 Å². The number of nitrogens with one attached hydrogen (secondary N) is 1. The summed E-state index contributed by atoms with van der Waals surface area (Å²) in [5.41, 5.74) is 1.01. The Hall–Kier alpha value is -1.83. The Kier molecular flexibility index (Phi) is 4.20. The number of nitrogens with zero attached hydrogens (tertiary/aromatic N) is 4. The second-order valence-corrected chi connectivity index (χ2v) is 4.63. The average molecular weight is 328 g/mol. The van der Waals surface area contributed by atoms with E-state index in [2.05, 4.69) is 36.8 Å². The van der Waals surface area contributed by atoms with Crippen LogP contribution < -0.4 is 14.8 Å². The van der Waals surface area contributed by atoms with Gasteiger partial charge in [-0.3, -0.25) is 0 Å². The number of hydrogen-bond donors (Lipinski definition) is 1. The molecule has 0 aliphatic rings. The molecule has 0 fully saturated rings. The van der Waals surface area contributed by atoms with E-state index in [1.165, 1.54) is 0 Å². The van der Waals surface area contributed by atoms with E-state index in [4.69, 9.17) is 9.47 Å². The van der Waals surface area contributed by atoms with E-state index >= 15 is 0 Å². The molecule has 1 N–H and O–H groups in total. The number of rotatable bonds is 5. The topological polar surface area (TPSA) is 74.1 Å². The third-order valence-electron chi connectivity index (χ3n) is 2.61. The smallest absolute Gasteiger partial charge is 0.242 e. The quantitative estimate of drug-likeness (QED) is 0.899. The fourth-order valence-corrected chi connectivity index (χ4v) is 2.05. The van der Waals surface area contributed by atoms with Gasteiger partial charge >= 0.3 is 0 Å². The molecule has 0 aliphatic heterocycles. The van der Waals surface area contributed by atoms with Crippen LogP contribution in [-0.4, -0.2) is 34.4 Å². The molecule has 0 saturated carbocycles. The van der Waals surface area contributed by atoms with Gasteiger partial charge in [-0.25, -0.2) is 4.68 Å². The molecule has 0 spiro atoms. The van der Waals surface area contributed by atoms with Crippen molar-refractivity contribution < 1.29 is 9.47 Å². The maximum atomic E-state index is 5.27. The SMILES string of the molecule is COc1cc(Br)c(CNc2nnnn2C)cc1OC. The first kappa shape index (κ1) is 13.6. The lowest BCUT2D eigenvalue weighted by atomic mass is 10.2. The molecular formula is C11H14BrN5O2. The Morgan fingerprint density at radius 3 is 2.53 bits per heavy atom. The molecule has 1 heterocycles. The number of hydrogen-bond acceptors (Lipinski definition) is 6. The maximum absolute atomic E-state index is 5.27. The standard InChI is InChI=1S/C11H14BrN5O2/c1-17-11(14-15-16-17)13-6-7-4-9(18-2)10(19-3)5-8(7)12/h4-5H,6H2,1-3H3,(H,13,14,16). The van der Waals surface area contributed by atoms with E-state index in [1.807, 2.05) is 12.1 Å². The second kappa shape index (κ2) is 5.87. The molecule has 0 saturated heterocycles. The van der Waals surface area contributed by atoms with Crippen LogP contribution in [0, 0.1) is 0 Å². The summed E-state index contributed by atoms with van der Waals surface area (Å²) < 4.78 is 13.0. The van der Waals surface area contributed by atoms with E-state index in [9.17, 15) is 0 Å². The summed E-state index contributed by atoms with van der Waals surface area (Å²) >= 11 is 3.50. The molecule has 0 radical (unpaired) electrons. The minimum absolute atomic E-state index is 0.565. The zero-order valence-corrected chi connectivity index (χ0v) is 12.4. The van der Waals surface area contributed by atoms with Gasteiger partial charge in [-0.15, -0.1) is 0 Å². The Morgan fingerprint density at radius 1 is 1.26 bits per heavy atom. The maximum Gasteiger partial charge on any atom is 0.242 e. The predicted octanol–water partition coefficient (Wildman–Crippen LogP) is 1.60. The second-order valence-electron chi connectivity index (χ2n) is 3.78. The fourth-order valence-electron chi connectivity index (χ4n) is 1.59. The number of benzene rings is 1. The van der Waals surface area contributed by atoms with Gasteiger partial charge in [0.15, 0.2) is 11.5 Å².